The van der Waals surface area contributed by atoms with Gasteiger partial charge in [0.25, 0.3) is 5.91 Å². The standard InChI is InChI=1S/C37H45FN4O3/c1-26(2)45-35-10-5-9-33-34(37(43)39-22-28-8-4-7-27(3)21-28)25-42(36(33)35)18-6-17-40-23-31-14-13-30(40)24-41(31)19-20-44-32-15-11-29(38)12-16-32/h4-5,7-12,15-16,21,25-26,30-31H,6,13-14,17-20,22-24H2,1-3H3,(H,39,43)/t30-,31-/m0/s1. The zero-order valence-electron chi connectivity index (χ0n) is 26.7. The summed E-state index contributed by atoms with van der Waals surface area (Å²) in [6.07, 6.45) is 5.47. The maximum absolute atomic E-state index is 13.5. The van der Waals surface area contributed by atoms with E-state index in [0.717, 1.165) is 61.4 Å². The molecule has 0 saturated carbocycles. The fourth-order valence-corrected chi connectivity index (χ4v) is 6.94. The monoisotopic (exact) mass is 612 g/mol. The van der Waals surface area contributed by atoms with Crippen LogP contribution in [-0.4, -0.2) is 71.2 Å². The molecule has 45 heavy (non-hydrogen) atoms. The number of piperidine rings is 2. The van der Waals surface area contributed by atoms with E-state index in [4.69, 9.17) is 9.47 Å². The number of benzene rings is 3. The molecule has 4 aromatic rings. The molecule has 0 aliphatic carbocycles. The number of fused-ring (bicyclic) bond motifs is 4. The molecule has 8 heteroatoms. The van der Waals surface area contributed by atoms with Crippen LogP contribution in [0.2, 0.25) is 0 Å². The normalized spacial score (nSPS) is 18.5. The second-order valence-corrected chi connectivity index (χ2v) is 12.8. The number of ether oxygens (including phenoxy) is 2. The molecule has 1 amide bonds. The van der Waals surface area contributed by atoms with Crippen LogP contribution < -0.4 is 14.8 Å². The molecule has 0 unspecified atom stereocenters. The molecule has 238 valence electrons. The SMILES string of the molecule is Cc1cccc(CNC(=O)c2cn(CCCN3C[C@@H]4CC[C@H]3CN4CCOc3ccc(F)cc3)c3c(OC(C)C)cccc23)c1. The van der Waals surface area contributed by atoms with Gasteiger partial charge in [-0.3, -0.25) is 14.6 Å². The molecule has 7 rings (SSSR count). The number of carbonyl (C=O) groups excluding carboxylic acids is 1. The molecule has 3 fully saturated rings. The maximum Gasteiger partial charge on any atom is 0.253 e. The number of aryl methyl sites for hydroxylation is 2. The van der Waals surface area contributed by atoms with Gasteiger partial charge in [0.1, 0.15) is 23.9 Å². The number of amides is 1. The lowest BCUT2D eigenvalue weighted by atomic mass is 9.90. The Morgan fingerprint density at radius 3 is 2.40 bits per heavy atom. The van der Waals surface area contributed by atoms with Crippen LogP contribution in [0, 0.1) is 12.7 Å². The Morgan fingerprint density at radius 1 is 0.956 bits per heavy atom. The minimum atomic E-state index is -0.245. The van der Waals surface area contributed by atoms with Crippen LogP contribution in [0.15, 0.2) is 72.9 Å². The maximum atomic E-state index is 13.5. The van der Waals surface area contributed by atoms with E-state index in [2.05, 4.69) is 38.7 Å². The molecule has 4 heterocycles. The molecule has 7 nitrogen and oxygen atoms in total. The summed E-state index contributed by atoms with van der Waals surface area (Å²) >= 11 is 0. The van der Waals surface area contributed by atoms with Crippen molar-refractivity contribution in [3.8, 4) is 11.5 Å². The molecule has 3 saturated heterocycles. The lowest BCUT2D eigenvalue weighted by molar-refractivity contribution is -0.0259. The third-order valence-electron chi connectivity index (χ3n) is 9.07. The number of halogens is 1. The van der Waals surface area contributed by atoms with Gasteiger partial charge in [-0.2, -0.15) is 0 Å². The van der Waals surface area contributed by atoms with Crippen LogP contribution in [0.3, 0.4) is 0 Å². The minimum absolute atomic E-state index is 0.0329. The Morgan fingerprint density at radius 2 is 1.69 bits per heavy atom. The van der Waals surface area contributed by atoms with Crippen molar-refractivity contribution in [1.82, 2.24) is 19.7 Å². The summed E-state index contributed by atoms with van der Waals surface area (Å²) in [4.78, 5) is 18.7. The first-order valence-electron chi connectivity index (χ1n) is 16.3. The average molecular weight is 613 g/mol. The zero-order valence-corrected chi connectivity index (χ0v) is 26.7. The Bertz CT molecular complexity index is 1600. The van der Waals surface area contributed by atoms with Gasteiger partial charge in [0.2, 0.25) is 0 Å². The molecule has 3 aliphatic rings. The van der Waals surface area contributed by atoms with E-state index in [1.165, 1.54) is 30.5 Å². The smallest absolute Gasteiger partial charge is 0.253 e. The number of piperazine rings is 1. The Kier molecular flexibility index (Phi) is 9.71. The minimum Gasteiger partial charge on any atom is -0.492 e. The number of nitrogens with zero attached hydrogens (tertiary/aromatic N) is 3. The largest absolute Gasteiger partial charge is 0.492 e. The van der Waals surface area contributed by atoms with E-state index < -0.39 is 0 Å². The van der Waals surface area contributed by atoms with Crippen molar-refractivity contribution in [2.75, 3.05) is 32.8 Å². The van der Waals surface area contributed by atoms with Gasteiger partial charge < -0.3 is 19.4 Å². The zero-order chi connectivity index (χ0) is 31.3. The fourth-order valence-electron chi connectivity index (χ4n) is 6.94. The number of aromatic nitrogens is 1. The summed E-state index contributed by atoms with van der Waals surface area (Å²) in [6, 6.07) is 21.6. The second kappa shape index (κ2) is 14.0. The van der Waals surface area contributed by atoms with Gasteiger partial charge in [-0.15, -0.1) is 0 Å². The van der Waals surface area contributed by atoms with Crippen LogP contribution in [-0.2, 0) is 13.1 Å². The third kappa shape index (κ3) is 7.51. The summed E-state index contributed by atoms with van der Waals surface area (Å²) in [7, 11) is 0. The highest BCUT2D eigenvalue weighted by atomic mass is 19.1. The van der Waals surface area contributed by atoms with Gasteiger partial charge in [-0.05, 0) is 75.9 Å². The van der Waals surface area contributed by atoms with Gasteiger partial charge in [-0.1, -0.05) is 42.0 Å². The van der Waals surface area contributed by atoms with Crippen molar-refractivity contribution >= 4 is 16.8 Å². The molecular formula is C37H45FN4O3. The van der Waals surface area contributed by atoms with E-state index >= 15 is 0 Å². The second-order valence-electron chi connectivity index (χ2n) is 12.8. The predicted octanol–water partition coefficient (Wildman–Crippen LogP) is 6.42. The first kappa shape index (κ1) is 31.1. The van der Waals surface area contributed by atoms with Crippen LogP contribution >= 0.6 is 0 Å². The first-order valence-corrected chi connectivity index (χ1v) is 16.3. The fraction of sp³-hybridized carbons (Fsp3) is 0.432. The lowest BCUT2D eigenvalue weighted by Crippen LogP contribution is -2.63. The lowest BCUT2D eigenvalue weighted by Gasteiger charge is -2.51. The molecular weight excluding hydrogens is 567 g/mol. The van der Waals surface area contributed by atoms with Gasteiger partial charge in [0, 0.05) is 62.9 Å². The Balaban J connectivity index is 1.08. The molecule has 0 spiro atoms. The molecule has 1 aromatic heterocycles. The highest BCUT2D eigenvalue weighted by Crippen LogP contribution is 2.32. The molecule has 2 atom stereocenters. The number of nitrogens with one attached hydrogen (secondary N) is 1. The van der Waals surface area contributed by atoms with Crippen molar-refractivity contribution in [1.29, 1.82) is 0 Å². The third-order valence-corrected chi connectivity index (χ3v) is 9.07. The van der Waals surface area contributed by atoms with Gasteiger partial charge in [0.05, 0.1) is 17.2 Å². The summed E-state index contributed by atoms with van der Waals surface area (Å²) in [5.74, 6) is 1.21. The van der Waals surface area contributed by atoms with Crippen LogP contribution in [0.5, 0.6) is 11.5 Å². The van der Waals surface area contributed by atoms with Crippen molar-refractivity contribution in [2.45, 2.75) is 71.3 Å². The summed E-state index contributed by atoms with van der Waals surface area (Å²) < 4.78 is 27.5. The Hall–Kier alpha value is -3.88. The number of para-hydroxylation sites is 1. The van der Waals surface area contributed by atoms with Crippen molar-refractivity contribution in [3.05, 3.63) is 95.4 Å². The van der Waals surface area contributed by atoms with E-state index in [-0.39, 0.29) is 17.8 Å². The number of hydrogen-bond donors (Lipinski definition) is 1. The van der Waals surface area contributed by atoms with E-state index in [1.54, 1.807) is 12.1 Å². The quantitative estimate of drug-likeness (QED) is 0.189. The summed E-state index contributed by atoms with van der Waals surface area (Å²) in [6.45, 7) is 12.1. The highest BCUT2D eigenvalue weighted by Gasteiger charge is 2.38. The highest BCUT2D eigenvalue weighted by molar-refractivity contribution is 6.08. The topological polar surface area (TPSA) is 59.0 Å². The molecule has 0 radical (unpaired) electrons. The number of rotatable bonds is 13. The average Bonchev–Trinajstić information content (AvgIpc) is 3.41. The summed E-state index contributed by atoms with van der Waals surface area (Å²) in [5.41, 5.74) is 3.94. The number of carbonyl (C=O) groups is 1. The first-order chi connectivity index (χ1) is 21.8. The van der Waals surface area contributed by atoms with E-state index in [9.17, 15) is 9.18 Å². The van der Waals surface area contributed by atoms with Crippen LogP contribution in [0.25, 0.3) is 10.9 Å². The van der Waals surface area contributed by atoms with Crippen molar-refractivity contribution < 1.29 is 18.7 Å². The summed E-state index contributed by atoms with van der Waals surface area (Å²) in [5, 5.41) is 4.06. The Labute approximate surface area is 265 Å². The molecule has 3 aliphatic heterocycles. The number of hydrogen-bond acceptors (Lipinski definition) is 5. The van der Waals surface area contributed by atoms with Gasteiger partial charge in [-0.25, -0.2) is 4.39 Å². The van der Waals surface area contributed by atoms with Crippen molar-refractivity contribution in [3.63, 3.8) is 0 Å². The predicted molar refractivity (Wildman–Crippen MR) is 177 cm³/mol. The van der Waals surface area contributed by atoms with Gasteiger partial charge >= 0.3 is 0 Å². The van der Waals surface area contributed by atoms with Crippen molar-refractivity contribution in [2.24, 2.45) is 0 Å². The molecule has 3 aromatic carbocycles. The van der Waals surface area contributed by atoms with Crippen LogP contribution in [0.1, 0.15) is 54.6 Å². The van der Waals surface area contributed by atoms with Crippen LogP contribution in [0.4, 0.5) is 4.39 Å². The molecule has 1 N–H and O–H groups in total. The van der Waals surface area contributed by atoms with Gasteiger partial charge in [0.15, 0.2) is 0 Å². The van der Waals surface area contributed by atoms with E-state index in [0.29, 0.717) is 36.5 Å². The van der Waals surface area contributed by atoms with E-state index in [1.807, 2.05) is 50.4 Å². The molecule has 2 bridgehead atoms.